The van der Waals surface area contributed by atoms with Crippen molar-refractivity contribution >= 4 is 11.9 Å². The van der Waals surface area contributed by atoms with E-state index in [1.807, 2.05) is 29.9 Å². The van der Waals surface area contributed by atoms with Crippen LogP contribution in [-0.4, -0.2) is 35.9 Å². The highest BCUT2D eigenvalue weighted by atomic mass is 16.5. The van der Waals surface area contributed by atoms with Gasteiger partial charge in [0.15, 0.2) is 5.96 Å². The van der Waals surface area contributed by atoms with Crippen molar-refractivity contribution in [3.8, 4) is 0 Å². The lowest BCUT2D eigenvalue weighted by atomic mass is 10.1. The monoisotopic (exact) mass is 315 g/mol. The van der Waals surface area contributed by atoms with Crippen LogP contribution in [0.4, 0.5) is 0 Å². The van der Waals surface area contributed by atoms with Crippen molar-refractivity contribution in [3.63, 3.8) is 0 Å². The van der Waals surface area contributed by atoms with Crippen LogP contribution in [0.2, 0.25) is 0 Å². The van der Waals surface area contributed by atoms with E-state index < -0.39 is 0 Å². The number of carbonyl (C=O) groups is 1. The maximum atomic E-state index is 11.4. The number of benzene rings is 1. The number of hydrogen-bond acceptors (Lipinski definition) is 4. The summed E-state index contributed by atoms with van der Waals surface area (Å²) in [6, 6.07) is 9.20. The van der Waals surface area contributed by atoms with Crippen molar-refractivity contribution in [2.75, 3.05) is 14.2 Å². The highest BCUT2D eigenvalue weighted by molar-refractivity contribution is 5.89. The third-order valence-electron chi connectivity index (χ3n) is 3.42. The molecule has 0 fully saturated rings. The molecule has 23 heavy (non-hydrogen) atoms. The van der Waals surface area contributed by atoms with E-state index in [1.165, 1.54) is 7.11 Å². The van der Waals surface area contributed by atoms with Crippen molar-refractivity contribution in [3.05, 3.63) is 53.3 Å². The zero-order valence-electron chi connectivity index (χ0n) is 13.5. The Morgan fingerprint density at radius 3 is 2.48 bits per heavy atom. The highest BCUT2D eigenvalue weighted by Gasteiger charge is 2.05. The largest absolute Gasteiger partial charge is 0.465 e. The second-order valence-corrected chi connectivity index (χ2v) is 4.91. The molecule has 0 saturated heterocycles. The van der Waals surface area contributed by atoms with E-state index in [9.17, 15) is 4.79 Å². The topological polar surface area (TPSA) is 80.5 Å². The van der Waals surface area contributed by atoms with E-state index in [4.69, 9.17) is 0 Å². The van der Waals surface area contributed by atoms with Gasteiger partial charge in [-0.3, -0.25) is 9.67 Å². The first-order valence-electron chi connectivity index (χ1n) is 7.22. The first-order chi connectivity index (χ1) is 11.1. The third-order valence-corrected chi connectivity index (χ3v) is 3.42. The second-order valence-electron chi connectivity index (χ2n) is 4.91. The van der Waals surface area contributed by atoms with Crippen LogP contribution in [0.1, 0.15) is 21.6 Å². The van der Waals surface area contributed by atoms with Gasteiger partial charge in [0.25, 0.3) is 0 Å². The first-order valence-corrected chi connectivity index (χ1v) is 7.22. The molecule has 7 heteroatoms. The van der Waals surface area contributed by atoms with E-state index in [2.05, 4.69) is 25.5 Å². The van der Waals surface area contributed by atoms with Crippen LogP contribution in [0.15, 0.2) is 41.5 Å². The van der Waals surface area contributed by atoms with Gasteiger partial charge < -0.3 is 15.4 Å². The second kappa shape index (κ2) is 7.98. The van der Waals surface area contributed by atoms with E-state index >= 15 is 0 Å². The normalized spacial score (nSPS) is 11.2. The Bertz CT molecular complexity index is 676. The molecule has 7 nitrogen and oxygen atoms in total. The van der Waals surface area contributed by atoms with Crippen LogP contribution >= 0.6 is 0 Å². The smallest absolute Gasteiger partial charge is 0.337 e. The minimum absolute atomic E-state index is 0.335. The van der Waals surface area contributed by atoms with E-state index in [0.717, 1.165) is 11.3 Å². The predicted molar refractivity (Wildman–Crippen MR) is 88.0 cm³/mol. The number of guanidine groups is 1. The maximum absolute atomic E-state index is 11.4. The number of methoxy groups -OCH3 is 1. The molecule has 122 valence electrons. The summed E-state index contributed by atoms with van der Waals surface area (Å²) in [6.07, 6.45) is 1.76. The molecule has 0 spiro atoms. The number of aliphatic imine (C=N–C) groups is 1. The summed E-state index contributed by atoms with van der Waals surface area (Å²) in [7, 11) is 4.99. The quantitative estimate of drug-likeness (QED) is 0.490. The van der Waals surface area contributed by atoms with Crippen LogP contribution in [-0.2, 0) is 24.9 Å². The standard InChI is InChI=1S/C16H21N5O2/c1-17-16(19-11-14-8-9-20-21(14)2)18-10-12-4-6-13(7-5-12)15(22)23-3/h4-9H,10-11H2,1-3H3,(H2,17,18,19). The number of aromatic nitrogens is 2. The summed E-state index contributed by atoms with van der Waals surface area (Å²) in [5.41, 5.74) is 2.64. The molecule has 0 bridgehead atoms. The van der Waals surface area contributed by atoms with Crippen LogP contribution in [0.5, 0.6) is 0 Å². The van der Waals surface area contributed by atoms with Gasteiger partial charge >= 0.3 is 5.97 Å². The molecule has 0 aliphatic rings. The fraction of sp³-hybridized carbons (Fsp3) is 0.312. The molecule has 2 aromatic rings. The Hall–Kier alpha value is -2.83. The summed E-state index contributed by atoms with van der Waals surface area (Å²) in [5, 5.41) is 10.6. The van der Waals surface area contributed by atoms with Gasteiger partial charge in [0.1, 0.15) is 0 Å². The van der Waals surface area contributed by atoms with Gasteiger partial charge in [0.05, 0.1) is 24.9 Å². The molecular weight excluding hydrogens is 294 g/mol. The lowest BCUT2D eigenvalue weighted by Crippen LogP contribution is -2.36. The number of nitrogens with zero attached hydrogens (tertiary/aromatic N) is 3. The average molecular weight is 315 g/mol. The zero-order chi connectivity index (χ0) is 16.7. The van der Waals surface area contributed by atoms with Crippen molar-refractivity contribution in [1.82, 2.24) is 20.4 Å². The van der Waals surface area contributed by atoms with E-state index in [0.29, 0.717) is 24.6 Å². The first kappa shape index (κ1) is 16.5. The van der Waals surface area contributed by atoms with Crippen molar-refractivity contribution in [2.24, 2.45) is 12.0 Å². The van der Waals surface area contributed by atoms with Crippen LogP contribution in [0, 0.1) is 0 Å². The molecular formula is C16H21N5O2. The van der Waals surface area contributed by atoms with E-state index in [1.54, 1.807) is 25.4 Å². The number of esters is 1. The molecule has 0 radical (unpaired) electrons. The highest BCUT2D eigenvalue weighted by Crippen LogP contribution is 2.05. The number of ether oxygens (including phenoxy) is 1. The minimum atomic E-state index is -0.335. The lowest BCUT2D eigenvalue weighted by molar-refractivity contribution is 0.0600. The Morgan fingerprint density at radius 1 is 1.22 bits per heavy atom. The molecule has 1 aromatic heterocycles. The number of aryl methyl sites for hydroxylation is 1. The maximum Gasteiger partial charge on any atom is 0.337 e. The Morgan fingerprint density at radius 2 is 1.91 bits per heavy atom. The fourth-order valence-electron chi connectivity index (χ4n) is 2.03. The minimum Gasteiger partial charge on any atom is -0.465 e. The van der Waals surface area contributed by atoms with Crippen molar-refractivity contribution < 1.29 is 9.53 Å². The Labute approximate surface area is 135 Å². The van der Waals surface area contributed by atoms with Gasteiger partial charge in [-0.15, -0.1) is 0 Å². The van der Waals surface area contributed by atoms with Crippen molar-refractivity contribution in [1.29, 1.82) is 0 Å². The lowest BCUT2D eigenvalue weighted by Gasteiger charge is -2.12. The molecule has 1 heterocycles. The van der Waals surface area contributed by atoms with Gasteiger partial charge in [-0.25, -0.2) is 4.79 Å². The Balaban J connectivity index is 1.85. The number of rotatable bonds is 5. The number of hydrogen-bond donors (Lipinski definition) is 2. The molecule has 0 saturated carbocycles. The molecule has 0 aliphatic carbocycles. The summed E-state index contributed by atoms with van der Waals surface area (Å²) in [6.45, 7) is 1.24. The third kappa shape index (κ3) is 4.57. The molecule has 0 amide bonds. The average Bonchev–Trinajstić information content (AvgIpc) is 3.00. The molecule has 2 rings (SSSR count). The van der Waals surface area contributed by atoms with Crippen LogP contribution in [0.3, 0.4) is 0 Å². The summed E-state index contributed by atoms with van der Waals surface area (Å²) in [4.78, 5) is 15.6. The SMILES string of the molecule is CN=C(NCc1ccc(C(=O)OC)cc1)NCc1ccnn1C. The number of carbonyl (C=O) groups excluding carboxylic acids is 1. The molecule has 1 aromatic carbocycles. The van der Waals surface area contributed by atoms with Gasteiger partial charge in [-0.1, -0.05) is 12.1 Å². The summed E-state index contributed by atoms with van der Waals surface area (Å²) < 4.78 is 6.49. The molecule has 0 atom stereocenters. The van der Waals surface area contributed by atoms with Crippen LogP contribution in [0.25, 0.3) is 0 Å². The van der Waals surface area contributed by atoms with Crippen molar-refractivity contribution in [2.45, 2.75) is 13.1 Å². The summed E-state index contributed by atoms with van der Waals surface area (Å²) >= 11 is 0. The summed E-state index contributed by atoms with van der Waals surface area (Å²) in [5.74, 6) is 0.362. The molecule has 0 unspecified atom stereocenters. The number of nitrogens with one attached hydrogen (secondary N) is 2. The Kier molecular flexibility index (Phi) is 5.74. The van der Waals surface area contributed by atoms with E-state index in [-0.39, 0.29) is 5.97 Å². The zero-order valence-corrected chi connectivity index (χ0v) is 13.5. The van der Waals surface area contributed by atoms with Gasteiger partial charge in [0.2, 0.25) is 0 Å². The van der Waals surface area contributed by atoms with Gasteiger partial charge in [-0.05, 0) is 23.8 Å². The van der Waals surface area contributed by atoms with Gasteiger partial charge in [-0.2, -0.15) is 5.10 Å². The van der Waals surface area contributed by atoms with Gasteiger partial charge in [0, 0.05) is 26.8 Å². The predicted octanol–water partition coefficient (Wildman–Crippen LogP) is 1.07. The van der Waals surface area contributed by atoms with Crippen LogP contribution < -0.4 is 10.6 Å². The molecule has 0 aliphatic heterocycles. The fourth-order valence-corrected chi connectivity index (χ4v) is 2.03. The molecule has 2 N–H and O–H groups in total.